The monoisotopic (exact) mass is 425 g/mol. The van der Waals surface area contributed by atoms with E-state index >= 15 is 0 Å². The number of ether oxygens (including phenoxy) is 3. The lowest BCUT2D eigenvalue weighted by Gasteiger charge is -2.45. The number of fused-ring (bicyclic) bond motifs is 1. The molecule has 0 bridgehead atoms. The SMILES string of the molecule is Cc1cnc(CSc2nc3ccccc3[nH]2)c(C)c1OCC1COC2(CCC2)OC1. The molecule has 2 aliphatic rings. The van der Waals surface area contributed by atoms with E-state index in [4.69, 9.17) is 14.2 Å². The van der Waals surface area contributed by atoms with Gasteiger partial charge in [-0.2, -0.15) is 0 Å². The van der Waals surface area contributed by atoms with E-state index in [1.165, 1.54) is 6.42 Å². The molecule has 2 aromatic heterocycles. The minimum absolute atomic E-state index is 0.261. The molecule has 7 heteroatoms. The number of benzene rings is 1. The van der Waals surface area contributed by atoms with Crippen LogP contribution in [0.1, 0.15) is 36.1 Å². The molecule has 0 radical (unpaired) electrons. The van der Waals surface area contributed by atoms with E-state index in [0.717, 1.165) is 57.4 Å². The van der Waals surface area contributed by atoms with Crippen LogP contribution in [-0.2, 0) is 15.2 Å². The van der Waals surface area contributed by atoms with Crippen molar-refractivity contribution in [2.45, 2.75) is 49.8 Å². The van der Waals surface area contributed by atoms with E-state index in [9.17, 15) is 0 Å². The van der Waals surface area contributed by atoms with Crippen LogP contribution < -0.4 is 4.74 Å². The lowest BCUT2D eigenvalue weighted by Crippen LogP contribution is -2.50. The lowest BCUT2D eigenvalue weighted by atomic mass is 9.90. The Bertz CT molecular complexity index is 1000. The van der Waals surface area contributed by atoms with Crippen molar-refractivity contribution in [3.05, 3.63) is 47.3 Å². The normalized spacial score (nSPS) is 18.6. The third-order valence-corrected chi connectivity index (χ3v) is 6.89. The summed E-state index contributed by atoms with van der Waals surface area (Å²) in [6.45, 7) is 6.14. The molecule has 2 fully saturated rings. The molecular weight excluding hydrogens is 398 g/mol. The van der Waals surface area contributed by atoms with Gasteiger partial charge in [-0.05, 0) is 32.4 Å². The number of aromatic amines is 1. The number of aromatic nitrogens is 3. The van der Waals surface area contributed by atoms with Crippen LogP contribution in [0.3, 0.4) is 0 Å². The molecule has 0 unspecified atom stereocenters. The van der Waals surface area contributed by atoms with Gasteiger partial charge in [0.15, 0.2) is 10.9 Å². The summed E-state index contributed by atoms with van der Waals surface area (Å²) in [5, 5.41) is 0.905. The second-order valence-electron chi connectivity index (χ2n) is 8.25. The Balaban J connectivity index is 1.22. The summed E-state index contributed by atoms with van der Waals surface area (Å²) in [5.41, 5.74) is 5.20. The van der Waals surface area contributed by atoms with Crippen molar-refractivity contribution in [2.24, 2.45) is 5.92 Å². The molecule has 1 aliphatic heterocycles. The van der Waals surface area contributed by atoms with Gasteiger partial charge in [-0.3, -0.25) is 4.98 Å². The minimum Gasteiger partial charge on any atom is -0.492 e. The number of aryl methyl sites for hydroxylation is 1. The van der Waals surface area contributed by atoms with Gasteiger partial charge in [0.05, 0.1) is 36.5 Å². The van der Waals surface area contributed by atoms with Crippen molar-refractivity contribution in [2.75, 3.05) is 19.8 Å². The van der Waals surface area contributed by atoms with Crippen LogP contribution in [0.2, 0.25) is 0 Å². The fourth-order valence-electron chi connectivity index (χ4n) is 3.94. The number of nitrogens with one attached hydrogen (secondary N) is 1. The van der Waals surface area contributed by atoms with Crippen LogP contribution >= 0.6 is 11.8 Å². The number of H-pyrrole nitrogens is 1. The molecule has 1 N–H and O–H groups in total. The Hall–Kier alpha value is -2.09. The molecule has 30 heavy (non-hydrogen) atoms. The summed E-state index contributed by atoms with van der Waals surface area (Å²) in [4.78, 5) is 12.6. The minimum atomic E-state index is -0.278. The second-order valence-corrected chi connectivity index (χ2v) is 9.22. The summed E-state index contributed by atoms with van der Waals surface area (Å²) in [7, 11) is 0. The zero-order valence-corrected chi connectivity index (χ0v) is 18.3. The number of hydrogen-bond acceptors (Lipinski definition) is 6. The van der Waals surface area contributed by atoms with Crippen molar-refractivity contribution in [1.82, 2.24) is 15.0 Å². The van der Waals surface area contributed by atoms with Gasteiger partial charge in [0.25, 0.3) is 0 Å². The molecule has 3 aromatic rings. The lowest BCUT2D eigenvalue weighted by molar-refractivity contribution is -0.318. The van der Waals surface area contributed by atoms with Crippen molar-refractivity contribution < 1.29 is 14.2 Å². The number of rotatable bonds is 6. The standard InChI is InChI=1S/C23H27N3O3S/c1-15-10-24-20(14-30-22-25-18-6-3-4-7-19(18)26-22)16(2)21(15)27-11-17-12-28-23(29-13-17)8-5-9-23/h3-4,6-7,10,17H,5,8-9,11-14H2,1-2H3,(H,25,26). The Morgan fingerprint density at radius 1 is 1.20 bits per heavy atom. The number of imidazole rings is 1. The van der Waals surface area contributed by atoms with Crippen LogP contribution in [0.5, 0.6) is 5.75 Å². The first-order valence-electron chi connectivity index (χ1n) is 10.6. The average Bonchev–Trinajstić information content (AvgIpc) is 3.15. The molecule has 0 atom stereocenters. The van der Waals surface area contributed by atoms with Gasteiger partial charge < -0.3 is 19.2 Å². The zero-order chi connectivity index (χ0) is 20.6. The number of para-hydroxylation sites is 2. The molecule has 1 aromatic carbocycles. The summed E-state index contributed by atoms with van der Waals surface area (Å²) < 4.78 is 18.2. The van der Waals surface area contributed by atoms with Crippen molar-refractivity contribution in [1.29, 1.82) is 0 Å². The van der Waals surface area contributed by atoms with E-state index in [0.29, 0.717) is 19.8 Å². The third kappa shape index (κ3) is 3.94. The molecular formula is C23H27N3O3S. The van der Waals surface area contributed by atoms with E-state index in [2.05, 4.69) is 21.9 Å². The quantitative estimate of drug-likeness (QED) is 0.573. The maximum atomic E-state index is 6.23. The van der Waals surface area contributed by atoms with Crippen LogP contribution in [-0.4, -0.2) is 40.6 Å². The van der Waals surface area contributed by atoms with E-state index in [-0.39, 0.29) is 11.7 Å². The predicted octanol–water partition coefficient (Wildman–Crippen LogP) is 4.79. The number of pyridine rings is 1. The fraction of sp³-hybridized carbons (Fsp3) is 0.478. The number of thioether (sulfide) groups is 1. The summed E-state index contributed by atoms with van der Waals surface area (Å²) in [6.07, 6.45) is 5.14. The van der Waals surface area contributed by atoms with Crippen molar-refractivity contribution in [3.8, 4) is 5.75 Å². The highest BCUT2D eigenvalue weighted by atomic mass is 32.2. The van der Waals surface area contributed by atoms with Gasteiger partial charge in [-0.1, -0.05) is 23.9 Å². The highest BCUT2D eigenvalue weighted by Crippen LogP contribution is 2.40. The predicted molar refractivity (Wildman–Crippen MR) is 117 cm³/mol. The van der Waals surface area contributed by atoms with Gasteiger partial charge in [0.2, 0.25) is 0 Å². The molecule has 1 saturated heterocycles. The molecule has 1 aliphatic carbocycles. The summed E-state index contributed by atoms with van der Waals surface area (Å²) >= 11 is 1.66. The maximum absolute atomic E-state index is 6.23. The molecule has 0 amide bonds. The Morgan fingerprint density at radius 2 is 2.00 bits per heavy atom. The van der Waals surface area contributed by atoms with Gasteiger partial charge in [-0.25, -0.2) is 4.98 Å². The Labute approximate surface area is 180 Å². The third-order valence-electron chi connectivity index (χ3n) is 6.00. The fourth-order valence-corrected chi connectivity index (χ4v) is 4.85. The van der Waals surface area contributed by atoms with Crippen molar-refractivity contribution in [3.63, 3.8) is 0 Å². The first-order valence-corrected chi connectivity index (χ1v) is 11.5. The van der Waals surface area contributed by atoms with Gasteiger partial charge in [0, 0.05) is 41.8 Å². The second kappa shape index (κ2) is 8.21. The van der Waals surface area contributed by atoms with E-state index in [1.54, 1.807) is 11.8 Å². The maximum Gasteiger partial charge on any atom is 0.168 e. The largest absolute Gasteiger partial charge is 0.492 e. The molecule has 1 saturated carbocycles. The topological polar surface area (TPSA) is 69.3 Å². The Kier molecular flexibility index (Phi) is 5.43. The molecule has 5 rings (SSSR count). The smallest absolute Gasteiger partial charge is 0.168 e. The average molecular weight is 426 g/mol. The molecule has 158 valence electrons. The highest BCUT2D eigenvalue weighted by Gasteiger charge is 2.43. The van der Waals surface area contributed by atoms with Gasteiger partial charge in [0.1, 0.15) is 5.75 Å². The summed E-state index contributed by atoms with van der Waals surface area (Å²) in [5.74, 6) is 1.64. The molecule has 3 heterocycles. The number of hydrogen-bond donors (Lipinski definition) is 1. The first kappa shape index (κ1) is 19.8. The van der Waals surface area contributed by atoms with E-state index in [1.807, 2.05) is 37.4 Å². The summed E-state index contributed by atoms with van der Waals surface area (Å²) in [6, 6.07) is 8.07. The van der Waals surface area contributed by atoms with Gasteiger partial charge >= 0.3 is 0 Å². The van der Waals surface area contributed by atoms with Crippen LogP contribution in [0.25, 0.3) is 11.0 Å². The number of nitrogens with zero attached hydrogens (tertiary/aromatic N) is 2. The van der Waals surface area contributed by atoms with Crippen LogP contribution in [0.4, 0.5) is 0 Å². The van der Waals surface area contributed by atoms with Crippen molar-refractivity contribution >= 4 is 22.8 Å². The van der Waals surface area contributed by atoms with Gasteiger partial charge in [-0.15, -0.1) is 0 Å². The van der Waals surface area contributed by atoms with Crippen LogP contribution in [0.15, 0.2) is 35.6 Å². The first-order chi connectivity index (χ1) is 14.6. The Morgan fingerprint density at radius 3 is 2.73 bits per heavy atom. The molecule has 1 spiro atoms. The highest BCUT2D eigenvalue weighted by molar-refractivity contribution is 7.98. The van der Waals surface area contributed by atoms with E-state index < -0.39 is 0 Å². The molecule has 6 nitrogen and oxygen atoms in total. The zero-order valence-electron chi connectivity index (χ0n) is 17.4. The van der Waals surface area contributed by atoms with Crippen LogP contribution in [0, 0.1) is 19.8 Å².